The van der Waals surface area contributed by atoms with Crippen molar-refractivity contribution in [3.05, 3.63) is 70.1 Å². The standard InChI is InChI=1S/C20H21NO4/c1-14-5-3-4-6-18(14)24-10-9-21(2)13-15-11-20(23)25-19-12-16(22)7-8-17(15)19/h3-8,11-12,22H,9-10,13H2,1-2H3. The number of aryl methyl sites for hydroxylation is 1. The first-order valence-electron chi connectivity index (χ1n) is 8.15. The Balaban J connectivity index is 1.67. The second-order valence-corrected chi connectivity index (χ2v) is 6.12. The molecule has 1 N–H and O–H groups in total. The van der Waals surface area contributed by atoms with Crippen LogP contribution in [0.25, 0.3) is 11.0 Å². The van der Waals surface area contributed by atoms with Gasteiger partial charge in [0.05, 0.1) is 0 Å². The van der Waals surface area contributed by atoms with Gasteiger partial charge in [-0.25, -0.2) is 4.79 Å². The van der Waals surface area contributed by atoms with Gasteiger partial charge in [0.15, 0.2) is 0 Å². The fourth-order valence-corrected chi connectivity index (χ4v) is 2.75. The number of benzene rings is 2. The van der Waals surface area contributed by atoms with E-state index >= 15 is 0 Å². The highest BCUT2D eigenvalue weighted by molar-refractivity contribution is 5.81. The molecule has 0 spiro atoms. The number of hydrogen-bond acceptors (Lipinski definition) is 5. The summed E-state index contributed by atoms with van der Waals surface area (Å²) in [5, 5.41) is 10.4. The average molecular weight is 339 g/mol. The Kier molecular flexibility index (Phi) is 5.05. The van der Waals surface area contributed by atoms with Crippen LogP contribution < -0.4 is 10.4 Å². The molecule has 25 heavy (non-hydrogen) atoms. The third-order valence-corrected chi connectivity index (χ3v) is 4.08. The zero-order valence-electron chi connectivity index (χ0n) is 14.4. The number of phenols is 1. The van der Waals surface area contributed by atoms with E-state index in [-0.39, 0.29) is 5.75 Å². The first-order chi connectivity index (χ1) is 12.0. The maximum Gasteiger partial charge on any atom is 0.336 e. The Morgan fingerprint density at radius 3 is 2.76 bits per heavy atom. The topological polar surface area (TPSA) is 62.9 Å². The molecule has 3 aromatic rings. The predicted molar refractivity (Wildman–Crippen MR) is 97.2 cm³/mol. The molecule has 0 aliphatic carbocycles. The van der Waals surface area contributed by atoms with Crippen LogP contribution in [0.2, 0.25) is 0 Å². The minimum Gasteiger partial charge on any atom is -0.508 e. The molecular weight excluding hydrogens is 318 g/mol. The van der Waals surface area contributed by atoms with Gasteiger partial charge in [0.25, 0.3) is 0 Å². The van der Waals surface area contributed by atoms with E-state index in [0.29, 0.717) is 25.3 Å². The van der Waals surface area contributed by atoms with Crippen molar-refractivity contribution < 1.29 is 14.3 Å². The van der Waals surface area contributed by atoms with Crippen molar-refractivity contribution in [2.24, 2.45) is 0 Å². The number of para-hydroxylation sites is 1. The molecule has 3 rings (SSSR count). The number of nitrogens with zero attached hydrogens (tertiary/aromatic N) is 1. The molecule has 0 aliphatic heterocycles. The van der Waals surface area contributed by atoms with Gasteiger partial charge >= 0.3 is 5.63 Å². The summed E-state index contributed by atoms with van der Waals surface area (Å²) < 4.78 is 11.0. The molecule has 5 nitrogen and oxygen atoms in total. The van der Waals surface area contributed by atoms with Gasteiger partial charge in [-0.2, -0.15) is 0 Å². The van der Waals surface area contributed by atoms with Gasteiger partial charge < -0.3 is 14.3 Å². The van der Waals surface area contributed by atoms with Crippen LogP contribution in [0.4, 0.5) is 0 Å². The first kappa shape index (κ1) is 17.0. The van der Waals surface area contributed by atoms with E-state index in [2.05, 4.69) is 4.90 Å². The Bertz CT molecular complexity index is 932. The van der Waals surface area contributed by atoms with Crippen molar-refractivity contribution in [2.45, 2.75) is 13.5 Å². The number of aromatic hydroxyl groups is 1. The Hall–Kier alpha value is -2.79. The van der Waals surface area contributed by atoms with Crippen LogP contribution in [0.5, 0.6) is 11.5 Å². The zero-order chi connectivity index (χ0) is 17.8. The largest absolute Gasteiger partial charge is 0.508 e. The molecule has 0 bridgehead atoms. The van der Waals surface area contributed by atoms with Crippen molar-refractivity contribution >= 4 is 11.0 Å². The minimum absolute atomic E-state index is 0.0767. The van der Waals surface area contributed by atoms with E-state index in [9.17, 15) is 9.90 Å². The summed E-state index contributed by atoms with van der Waals surface area (Å²) in [7, 11) is 1.97. The van der Waals surface area contributed by atoms with Gasteiger partial charge in [-0.05, 0) is 43.3 Å². The van der Waals surface area contributed by atoms with Crippen molar-refractivity contribution in [1.29, 1.82) is 0 Å². The lowest BCUT2D eigenvalue weighted by Crippen LogP contribution is -2.24. The zero-order valence-corrected chi connectivity index (χ0v) is 14.4. The molecule has 1 aromatic heterocycles. The molecule has 0 atom stereocenters. The quantitative estimate of drug-likeness (QED) is 0.698. The van der Waals surface area contributed by atoms with Gasteiger partial charge in [0.2, 0.25) is 0 Å². The number of hydrogen-bond donors (Lipinski definition) is 1. The SMILES string of the molecule is Cc1ccccc1OCCN(C)Cc1cc(=O)oc2cc(O)ccc12. The molecule has 0 unspecified atom stereocenters. The molecule has 0 amide bonds. The van der Waals surface area contributed by atoms with Crippen molar-refractivity contribution in [3.63, 3.8) is 0 Å². The Morgan fingerprint density at radius 1 is 1.16 bits per heavy atom. The van der Waals surface area contributed by atoms with E-state index in [4.69, 9.17) is 9.15 Å². The second-order valence-electron chi connectivity index (χ2n) is 6.12. The summed E-state index contributed by atoms with van der Waals surface area (Å²) >= 11 is 0. The van der Waals surface area contributed by atoms with Crippen LogP contribution in [0.1, 0.15) is 11.1 Å². The molecule has 130 valence electrons. The lowest BCUT2D eigenvalue weighted by atomic mass is 10.1. The van der Waals surface area contributed by atoms with E-state index in [1.807, 2.05) is 38.2 Å². The van der Waals surface area contributed by atoms with Gasteiger partial charge in [-0.1, -0.05) is 18.2 Å². The molecule has 0 radical (unpaired) electrons. The van der Waals surface area contributed by atoms with Crippen LogP contribution in [-0.2, 0) is 6.54 Å². The monoisotopic (exact) mass is 339 g/mol. The Labute approximate surface area is 146 Å². The number of likely N-dealkylation sites (N-methyl/N-ethyl adjacent to an activating group) is 1. The fourth-order valence-electron chi connectivity index (χ4n) is 2.75. The molecular formula is C20H21NO4. The van der Waals surface area contributed by atoms with E-state index in [1.54, 1.807) is 12.1 Å². The summed E-state index contributed by atoms with van der Waals surface area (Å²) in [6, 6.07) is 14.2. The van der Waals surface area contributed by atoms with Crippen LogP contribution in [0.15, 0.2) is 57.7 Å². The smallest absolute Gasteiger partial charge is 0.336 e. The van der Waals surface area contributed by atoms with Gasteiger partial charge in [-0.15, -0.1) is 0 Å². The summed E-state index contributed by atoms with van der Waals surface area (Å²) in [4.78, 5) is 13.8. The van der Waals surface area contributed by atoms with Crippen molar-refractivity contribution in [1.82, 2.24) is 4.90 Å². The van der Waals surface area contributed by atoms with Gasteiger partial charge in [0.1, 0.15) is 23.7 Å². The van der Waals surface area contributed by atoms with Crippen molar-refractivity contribution in [3.8, 4) is 11.5 Å². The highest BCUT2D eigenvalue weighted by Gasteiger charge is 2.09. The third kappa shape index (κ3) is 4.19. The molecule has 0 aliphatic rings. The second kappa shape index (κ2) is 7.40. The lowest BCUT2D eigenvalue weighted by Gasteiger charge is -2.18. The van der Waals surface area contributed by atoms with Crippen LogP contribution in [-0.4, -0.2) is 30.2 Å². The summed E-state index contributed by atoms with van der Waals surface area (Å²) in [5.41, 5.74) is 1.95. The van der Waals surface area contributed by atoms with Gasteiger partial charge in [-0.3, -0.25) is 4.90 Å². The maximum atomic E-state index is 11.7. The van der Waals surface area contributed by atoms with E-state index in [0.717, 1.165) is 22.3 Å². The fraction of sp³-hybridized carbons (Fsp3) is 0.250. The summed E-state index contributed by atoms with van der Waals surface area (Å²) in [5.74, 6) is 0.963. The van der Waals surface area contributed by atoms with Crippen molar-refractivity contribution in [2.75, 3.05) is 20.2 Å². The third-order valence-electron chi connectivity index (χ3n) is 4.08. The van der Waals surface area contributed by atoms with Gasteiger partial charge in [0, 0.05) is 30.6 Å². The lowest BCUT2D eigenvalue weighted by molar-refractivity contribution is 0.232. The predicted octanol–water partition coefficient (Wildman–Crippen LogP) is 3.32. The minimum atomic E-state index is -0.419. The molecule has 1 heterocycles. The van der Waals surface area contributed by atoms with Crippen LogP contribution >= 0.6 is 0 Å². The first-order valence-corrected chi connectivity index (χ1v) is 8.15. The number of ether oxygens (including phenoxy) is 1. The molecule has 2 aromatic carbocycles. The van der Waals surface area contributed by atoms with Crippen LogP contribution in [0, 0.1) is 6.92 Å². The highest BCUT2D eigenvalue weighted by Crippen LogP contribution is 2.22. The summed E-state index contributed by atoms with van der Waals surface area (Å²) in [6.45, 7) is 3.88. The maximum absolute atomic E-state index is 11.7. The highest BCUT2D eigenvalue weighted by atomic mass is 16.5. The number of rotatable bonds is 6. The molecule has 5 heteroatoms. The van der Waals surface area contributed by atoms with Crippen LogP contribution in [0.3, 0.4) is 0 Å². The summed E-state index contributed by atoms with van der Waals surface area (Å²) in [6.07, 6.45) is 0. The van der Waals surface area contributed by atoms with E-state index < -0.39 is 5.63 Å². The normalized spacial score (nSPS) is 11.2. The number of phenolic OH excluding ortho intramolecular Hbond substituents is 1. The Morgan fingerprint density at radius 2 is 1.96 bits per heavy atom. The molecule has 0 saturated heterocycles. The molecule has 0 fully saturated rings. The average Bonchev–Trinajstić information content (AvgIpc) is 2.56. The van der Waals surface area contributed by atoms with E-state index in [1.165, 1.54) is 12.1 Å². The number of fused-ring (bicyclic) bond motifs is 1. The molecule has 0 saturated carbocycles.